The Kier molecular flexibility index (Phi) is 6.14. The summed E-state index contributed by atoms with van der Waals surface area (Å²) in [6.07, 6.45) is 0. The van der Waals surface area contributed by atoms with Crippen LogP contribution in [0.2, 0.25) is 0 Å². The number of benzene rings is 3. The van der Waals surface area contributed by atoms with Crippen LogP contribution in [0.3, 0.4) is 0 Å². The topological polar surface area (TPSA) is 73.9 Å². The molecule has 0 aliphatic rings. The first-order chi connectivity index (χ1) is 14.0. The van der Waals surface area contributed by atoms with Crippen molar-refractivity contribution in [2.75, 3.05) is 26.6 Å². The van der Waals surface area contributed by atoms with Gasteiger partial charge in [-0.05, 0) is 60.2 Å². The molecule has 0 bridgehead atoms. The zero-order valence-electron chi connectivity index (χ0n) is 16.4. The third kappa shape index (κ3) is 4.55. The van der Waals surface area contributed by atoms with Gasteiger partial charge >= 0.3 is 5.97 Å². The van der Waals surface area contributed by atoms with Crippen LogP contribution in [0.5, 0.6) is 11.5 Å². The second kappa shape index (κ2) is 8.93. The van der Waals surface area contributed by atoms with Gasteiger partial charge in [0.25, 0.3) is 5.91 Å². The molecule has 0 radical (unpaired) electrons. The summed E-state index contributed by atoms with van der Waals surface area (Å²) in [4.78, 5) is 24.2. The lowest BCUT2D eigenvalue weighted by Crippen LogP contribution is -2.12. The van der Waals surface area contributed by atoms with E-state index in [1.807, 2.05) is 24.3 Å². The van der Waals surface area contributed by atoms with E-state index < -0.39 is 5.97 Å². The van der Waals surface area contributed by atoms with Crippen LogP contribution in [0.4, 0.5) is 5.69 Å². The molecule has 6 nitrogen and oxygen atoms in total. The van der Waals surface area contributed by atoms with Gasteiger partial charge in [-0.2, -0.15) is 0 Å². The Bertz CT molecular complexity index is 1030. The highest BCUT2D eigenvalue weighted by molar-refractivity contribution is 6.05. The lowest BCUT2D eigenvalue weighted by molar-refractivity contribution is 0.0600. The summed E-state index contributed by atoms with van der Waals surface area (Å²) >= 11 is 0. The van der Waals surface area contributed by atoms with E-state index in [9.17, 15) is 9.59 Å². The summed E-state index contributed by atoms with van der Waals surface area (Å²) in [6, 6.07) is 19.2. The molecule has 3 aromatic rings. The number of rotatable bonds is 6. The molecule has 0 atom stereocenters. The summed E-state index contributed by atoms with van der Waals surface area (Å²) in [5, 5.41) is 2.82. The average molecular weight is 391 g/mol. The Hall–Kier alpha value is -3.80. The van der Waals surface area contributed by atoms with Gasteiger partial charge in [0, 0.05) is 16.8 Å². The third-order valence-electron chi connectivity index (χ3n) is 4.41. The second-order valence-electron chi connectivity index (χ2n) is 6.17. The van der Waals surface area contributed by atoms with Crippen molar-refractivity contribution in [2.24, 2.45) is 0 Å². The van der Waals surface area contributed by atoms with E-state index in [1.165, 1.54) is 7.11 Å². The number of amides is 1. The van der Waals surface area contributed by atoms with Gasteiger partial charge in [0.1, 0.15) is 11.5 Å². The minimum atomic E-state index is -0.430. The molecule has 3 aromatic carbocycles. The highest BCUT2D eigenvalue weighted by Gasteiger charge is 2.13. The molecule has 6 heteroatoms. The molecular formula is C23H21NO5. The Balaban J connectivity index is 1.86. The number of hydrogen-bond donors (Lipinski definition) is 1. The summed E-state index contributed by atoms with van der Waals surface area (Å²) in [5.41, 5.74) is 3.11. The maximum atomic E-state index is 12.7. The fourth-order valence-corrected chi connectivity index (χ4v) is 2.88. The highest BCUT2D eigenvalue weighted by atomic mass is 16.5. The number of anilines is 1. The minimum Gasteiger partial charge on any atom is -0.497 e. The van der Waals surface area contributed by atoms with Crippen LogP contribution in [-0.2, 0) is 4.74 Å². The summed E-state index contributed by atoms with van der Waals surface area (Å²) < 4.78 is 15.4. The monoisotopic (exact) mass is 391 g/mol. The van der Waals surface area contributed by atoms with Crippen LogP contribution < -0.4 is 14.8 Å². The van der Waals surface area contributed by atoms with Crippen LogP contribution in [-0.4, -0.2) is 33.2 Å². The van der Waals surface area contributed by atoms with E-state index in [0.717, 1.165) is 11.1 Å². The molecule has 0 fully saturated rings. The standard InChI is InChI=1S/C23H21NO5/c1-27-19-6-4-5-16(13-19)20-14-17(9-12-21(20)28-2)22(25)24-18-10-7-15(8-11-18)23(26)29-3/h4-14H,1-3H3,(H,24,25). The van der Waals surface area contributed by atoms with E-state index in [1.54, 1.807) is 56.7 Å². The summed E-state index contributed by atoms with van der Waals surface area (Å²) in [7, 11) is 4.51. The van der Waals surface area contributed by atoms with E-state index in [0.29, 0.717) is 28.3 Å². The normalized spacial score (nSPS) is 10.2. The fourth-order valence-electron chi connectivity index (χ4n) is 2.88. The number of esters is 1. The second-order valence-corrected chi connectivity index (χ2v) is 6.17. The van der Waals surface area contributed by atoms with Crippen molar-refractivity contribution in [3.63, 3.8) is 0 Å². The van der Waals surface area contributed by atoms with Crippen LogP contribution in [0, 0.1) is 0 Å². The van der Waals surface area contributed by atoms with Crippen molar-refractivity contribution in [3.05, 3.63) is 77.9 Å². The first-order valence-corrected chi connectivity index (χ1v) is 8.88. The highest BCUT2D eigenvalue weighted by Crippen LogP contribution is 2.33. The minimum absolute atomic E-state index is 0.275. The number of nitrogens with one attached hydrogen (secondary N) is 1. The lowest BCUT2D eigenvalue weighted by atomic mass is 10.0. The van der Waals surface area contributed by atoms with Gasteiger partial charge in [0.15, 0.2) is 0 Å². The summed E-state index contributed by atoms with van der Waals surface area (Å²) in [6.45, 7) is 0. The Labute approximate surface area is 169 Å². The van der Waals surface area contributed by atoms with Crippen molar-refractivity contribution in [1.29, 1.82) is 0 Å². The van der Waals surface area contributed by atoms with Crippen molar-refractivity contribution < 1.29 is 23.8 Å². The number of ether oxygens (including phenoxy) is 3. The average Bonchev–Trinajstić information content (AvgIpc) is 2.78. The number of carbonyl (C=O) groups is 2. The molecule has 0 saturated carbocycles. The van der Waals surface area contributed by atoms with Crippen LogP contribution in [0.1, 0.15) is 20.7 Å². The number of methoxy groups -OCH3 is 3. The molecule has 0 unspecified atom stereocenters. The molecule has 0 aliphatic heterocycles. The van der Waals surface area contributed by atoms with Gasteiger partial charge in [0.2, 0.25) is 0 Å². The molecule has 0 heterocycles. The first-order valence-electron chi connectivity index (χ1n) is 8.88. The molecule has 0 saturated heterocycles. The van der Waals surface area contributed by atoms with Crippen LogP contribution in [0.25, 0.3) is 11.1 Å². The Morgan fingerprint density at radius 3 is 2.17 bits per heavy atom. The van der Waals surface area contributed by atoms with Gasteiger partial charge in [-0.15, -0.1) is 0 Å². The van der Waals surface area contributed by atoms with Crippen molar-refractivity contribution >= 4 is 17.6 Å². The molecule has 148 valence electrons. The van der Waals surface area contributed by atoms with Crippen LogP contribution in [0.15, 0.2) is 66.7 Å². The van der Waals surface area contributed by atoms with Gasteiger partial charge in [-0.1, -0.05) is 12.1 Å². The SMILES string of the molecule is COC(=O)c1ccc(NC(=O)c2ccc(OC)c(-c3cccc(OC)c3)c2)cc1. The predicted molar refractivity (Wildman–Crippen MR) is 111 cm³/mol. The van der Waals surface area contributed by atoms with E-state index in [4.69, 9.17) is 9.47 Å². The maximum Gasteiger partial charge on any atom is 0.337 e. The molecule has 3 rings (SSSR count). The smallest absolute Gasteiger partial charge is 0.337 e. The van der Waals surface area contributed by atoms with Gasteiger partial charge < -0.3 is 19.5 Å². The first kappa shape index (κ1) is 19.9. The largest absolute Gasteiger partial charge is 0.497 e. The molecule has 0 aliphatic carbocycles. The van der Waals surface area contributed by atoms with E-state index in [2.05, 4.69) is 10.1 Å². The number of carbonyl (C=O) groups excluding carboxylic acids is 2. The number of hydrogen-bond acceptors (Lipinski definition) is 5. The predicted octanol–water partition coefficient (Wildman–Crippen LogP) is 4.41. The zero-order chi connectivity index (χ0) is 20.8. The fraction of sp³-hybridized carbons (Fsp3) is 0.130. The summed E-state index contributed by atoms with van der Waals surface area (Å²) in [5.74, 6) is 0.658. The quantitative estimate of drug-likeness (QED) is 0.630. The van der Waals surface area contributed by atoms with Gasteiger partial charge in [0.05, 0.1) is 26.9 Å². The molecule has 29 heavy (non-hydrogen) atoms. The molecular weight excluding hydrogens is 370 g/mol. The maximum absolute atomic E-state index is 12.7. The third-order valence-corrected chi connectivity index (χ3v) is 4.41. The van der Waals surface area contributed by atoms with E-state index >= 15 is 0 Å². The van der Waals surface area contributed by atoms with E-state index in [-0.39, 0.29) is 5.91 Å². The lowest BCUT2D eigenvalue weighted by Gasteiger charge is -2.12. The zero-order valence-corrected chi connectivity index (χ0v) is 16.4. The Morgan fingerprint density at radius 2 is 1.52 bits per heavy atom. The van der Waals surface area contributed by atoms with Crippen molar-refractivity contribution in [1.82, 2.24) is 0 Å². The molecule has 0 spiro atoms. The van der Waals surface area contributed by atoms with Gasteiger partial charge in [-0.3, -0.25) is 4.79 Å². The van der Waals surface area contributed by atoms with Crippen LogP contribution >= 0.6 is 0 Å². The molecule has 1 N–H and O–H groups in total. The Morgan fingerprint density at radius 1 is 0.793 bits per heavy atom. The van der Waals surface area contributed by atoms with Gasteiger partial charge in [-0.25, -0.2) is 4.79 Å². The van der Waals surface area contributed by atoms with Crippen molar-refractivity contribution in [2.45, 2.75) is 0 Å². The van der Waals surface area contributed by atoms with Crippen molar-refractivity contribution in [3.8, 4) is 22.6 Å². The molecule has 1 amide bonds. The molecule has 0 aromatic heterocycles.